The number of imide groups is 1. The van der Waals surface area contributed by atoms with E-state index in [9.17, 15) is 22.4 Å². The van der Waals surface area contributed by atoms with Crippen molar-refractivity contribution in [1.82, 2.24) is 5.32 Å². The van der Waals surface area contributed by atoms with Gasteiger partial charge in [-0.25, -0.2) is 12.8 Å². The Morgan fingerprint density at radius 3 is 2.41 bits per heavy atom. The molecule has 8 heteroatoms. The van der Waals surface area contributed by atoms with Crippen LogP contribution in [0.4, 0.5) is 9.18 Å². The third kappa shape index (κ3) is 2.05. The highest BCUT2D eigenvalue weighted by Gasteiger charge is 2.43. The third-order valence-corrected chi connectivity index (χ3v) is 5.59. The van der Waals surface area contributed by atoms with Crippen LogP contribution in [0.25, 0.3) is 0 Å². The summed E-state index contributed by atoms with van der Waals surface area (Å²) in [5.41, 5.74) is 0. The molecule has 1 atom stereocenters. The van der Waals surface area contributed by atoms with E-state index >= 15 is 0 Å². The molecule has 1 saturated heterocycles. The van der Waals surface area contributed by atoms with Gasteiger partial charge in [-0.15, -0.1) is 0 Å². The lowest BCUT2D eigenvalue weighted by atomic mass is 10.3. The van der Waals surface area contributed by atoms with Crippen molar-refractivity contribution in [2.45, 2.75) is 9.48 Å². The van der Waals surface area contributed by atoms with Gasteiger partial charge in [-0.2, -0.15) is 0 Å². The Balaban J connectivity index is 2.48. The molecule has 1 aliphatic rings. The van der Waals surface area contributed by atoms with Crippen molar-refractivity contribution in [2.75, 3.05) is 0 Å². The van der Waals surface area contributed by atoms with Gasteiger partial charge in [0.1, 0.15) is 10.7 Å². The van der Waals surface area contributed by atoms with Gasteiger partial charge < -0.3 is 0 Å². The maximum absolute atomic E-state index is 13.4. The standard InChI is InChI=1S/C9H6FNO4S2/c10-5-3-1-2-4-6(5)17(14,15)8-7(12)11-9(13)16-8/h1-4,8H,(H,11,12,13). The normalized spacial score (nSPS) is 20.4. The quantitative estimate of drug-likeness (QED) is 0.867. The number of amides is 2. The highest BCUT2D eigenvalue weighted by Crippen LogP contribution is 2.30. The van der Waals surface area contributed by atoms with Gasteiger partial charge in [0, 0.05) is 0 Å². The monoisotopic (exact) mass is 275 g/mol. The van der Waals surface area contributed by atoms with E-state index in [-0.39, 0.29) is 0 Å². The van der Waals surface area contributed by atoms with E-state index in [1.165, 1.54) is 12.1 Å². The summed E-state index contributed by atoms with van der Waals surface area (Å²) >= 11 is 0.330. The molecule has 90 valence electrons. The minimum atomic E-state index is -4.20. The molecule has 1 aliphatic heterocycles. The second-order valence-electron chi connectivity index (χ2n) is 3.20. The van der Waals surface area contributed by atoms with Gasteiger partial charge in [-0.3, -0.25) is 14.9 Å². The lowest BCUT2D eigenvalue weighted by molar-refractivity contribution is -0.117. The fraction of sp³-hybridized carbons (Fsp3) is 0.111. The van der Waals surface area contributed by atoms with Crippen LogP contribution in [0.2, 0.25) is 0 Å². The van der Waals surface area contributed by atoms with E-state index in [0.29, 0.717) is 11.8 Å². The minimum Gasteiger partial charge on any atom is -0.285 e. The molecule has 1 heterocycles. The van der Waals surface area contributed by atoms with Gasteiger partial charge in [-0.05, 0) is 23.9 Å². The Labute approximate surface area is 100 Å². The van der Waals surface area contributed by atoms with Crippen LogP contribution in [0.1, 0.15) is 0 Å². The van der Waals surface area contributed by atoms with E-state index in [1.54, 1.807) is 0 Å². The molecular weight excluding hydrogens is 269 g/mol. The third-order valence-electron chi connectivity index (χ3n) is 2.08. The number of thioether (sulfide) groups is 1. The van der Waals surface area contributed by atoms with Gasteiger partial charge >= 0.3 is 0 Å². The van der Waals surface area contributed by atoms with E-state index < -0.39 is 36.3 Å². The molecule has 0 aliphatic carbocycles. The molecule has 0 spiro atoms. The van der Waals surface area contributed by atoms with Gasteiger partial charge in [0.05, 0.1) is 0 Å². The molecule has 5 nitrogen and oxygen atoms in total. The number of sulfone groups is 1. The average Bonchev–Trinajstić information content (AvgIpc) is 2.59. The smallest absolute Gasteiger partial charge is 0.285 e. The summed E-state index contributed by atoms with van der Waals surface area (Å²) < 4.78 is 35.6. The van der Waals surface area contributed by atoms with Crippen LogP contribution in [-0.2, 0) is 14.6 Å². The zero-order valence-corrected chi connectivity index (χ0v) is 9.85. The first kappa shape index (κ1) is 12.1. The summed E-state index contributed by atoms with van der Waals surface area (Å²) in [6.45, 7) is 0. The molecule has 0 saturated carbocycles. The summed E-state index contributed by atoms with van der Waals surface area (Å²) in [5.74, 6) is -1.89. The SMILES string of the molecule is O=C1NC(=O)C(S(=O)(=O)c2ccccc2F)S1. The van der Waals surface area contributed by atoms with Crippen molar-refractivity contribution in [1.29, 1.82) is 0 Å². The van der Waals surface area contributed by atoms with Crippen LogP contribution in [0, 0.1) is 5.82 Å². The molecule has 0 aromatic heterocycles. The lowest BCUT2D eigenvalue weighted by Crippen LogP contribution is -2.30. The fourth-order valence-electron chi connectivity index (χ4n) is 1.33. The van der Waals surface area contributed by atoms with E-state index in [2.05, 4.69) is 0 Å². The second kappa shape index (κ2) is 4.11. The van der Waals surface area contributed by atoms with Crippen molar-refractivity contribution < 1.29 is 22.4 Å². The Hall–Kier alpha value is -1.41. The van der Waals surface area contributed by atoms with Crippen LogP contribution in [-0.4, -0.2) is 24.1 Å². The first-order chi connectivity index (χ1) is 7.93. The Morgan fingerprint density at radius 1 is 1.24 bits per heavy atom. The zero-order chi connectivity index (χ0) is 12.6. The predicted molar refractivity (Wildman–Crippen MR) is 58.5 cm³/mol. The number of halogens is 1. The van der Waals surface area contributed by atoms with E-state index in [1.807, 2.05) is 5.32 Å². The Bertz CT molecular complexity index is 599. The van der Waals surface area contributed by atoms with Gasteiger partial charge in [0.25, 0.3) is 11.1 Å². The number of carbonyl (C=O) groups is 2. The van der Waals surface area contributed by atoms with Crippen LogP contribution in [0.15, 0.2) is 29.2 Å². The fourth-order valence-corrected chi connectivity index (χ4v) is 4.11. The van der Waals surface area contributed by atoms with Crippen molar-refractivity contribution in [3.05, 3.63) is 30.1 Å². The minimum absolute atomic E-state index is 0.330. The Kier molecular flexibility index (Phi) is 2.92. The van der Waals surface area contributed by atoms with Gasteiger partial charge in [0.2, 0.25) is 9.84 Å². The molecule has 17 heavy (non-hydrogen) atoms. The molecular formula is C9H6FNO4S2. The number of rotatable bonds is 2. The van der Waals surface area contributed by atoms with Crippen molar-refractivity contribution in [2.24, 2.45) is 0 Å². The summed E-state index contributed by atoms with van der Waals surface area (Å²) in [6, 6.07) is 4.71. The highest BCUT2D eigenvalue weighted by molar-refractivity contribution is 8.24. The molecule has 1 aromatic rings. The average molecular weight is 275 g/mol. The molecule has 0 radical (unpaired) electrons. The van der Waals surface area contributed by atoms with Crippen molar-refractivity contribution in [3.63, 3.8) is 0 Å². The van der Waals surface area contributed by atoms with Gasteiger partial charge in [0.15, 0.2) is 4.58 Å². The molecule has 1 fully saturated rings. The second-order valence-corrected chi connectivity index (χ2v) is 6.58. The maximum Gasteiger partial charge on any atom is 0.287 e. The number of hydrogen-bond acceptors (Lipinski definition) is 5. The summed E-state index contributed by atoms with van der Waals surface area (Å²) in [5, 5.41) is 1.10. The first-order valence-electron chi connectivity index (χ1n) is 4.43. The number of nitrogens with one attached hydrogen (secondary N) is 1. The summed E-state index contributed by atoms with van der Waals surface area (Å²) in [7, 11) is -4.20. The van der Waals surface area contributed by atoms with Crippen molar-refractivity contribution >= 4 is 32.7 Å². The van der Waals surface area contributed by atoms with Crippen LogP contribution in [0.5, 0.6) is 0 Å². The van der Waals surface area contributed by atoms with E-state index in [4.69, 9.17) is 0 Å². The number of benzene rings is 1. The molecule has 1 unspecified atom stereocenters. The van der Waals surface area contributed by atoms with E-state index in [0.717, 1.165) is 12.1 Å². The maximum atomic E-state index is 13.4. The highest BCUT2D eigenvalue weighted by atomic mass is 32.3. The summed E-state index contributed by atoms with van der Waals surface area (Å²) in [4.78, 5) is 21.6. The van der Waals surface area contributed by atoms with Crippen molar-refractivity contribution in [3.8, 4) is 0 Å². The largest absolute Gasteiger partial charge is 0.287 e. The van der Waals surface area contributed by atoms with Gasteiger partial charge in [-0.1, -0.05) is 12.1 Å². The number of carbonyl (C=O) groups excluding carboxylic acids is 2. The molecule has 1 aromatic carbocycles. The molecule has 2 amide bonds. The predicted octanol–water partition coefficient (Wildman–Crippen LogP) is 0.908. The first-order valence-corrected chi connectivity index (χ1v) is 6.85. The molecule has 2 rings (SSSR count). The summed E-state index contributed by atoms with van der Waals surface area (Å²) in [6.07, 6.45) is 0. The van der Waals surface area contributed by atoms with Crippen LogP contribution < -0.4 is 5.32 Å². The molecule has 1 N–H and O–H groups in total. The topological polar surface area (TPSA) is 80.3 Å². The zero-order valence-electron chi connectivity index (χ0n) is 8.21. The lowest BCUT2D eigenvalue weighted by Gasteiger charge is -2.08. The van der Waals surface area contributed by atoms with Crippen LogP contribution >= 0.6 is 11.8 Å². The van der Waals surface area contributed by atoms with Crippen LogP contribution in [0.3, 0.4) is 0 Å². The Morgan fingerprint density at radius 2 is 1.88 bits per heavy atom. The molecule has 0 bridgehead atoms. The number of hydrogen-bond donors (Lipinski definition) is 1.